The molecule has 0 saturated heterocycles. The maximum atomic E-state index is 12.1. The standard InChI is InChI=1S/C13H12N2O6S2/c1-21-13(18)7-3-2-4-8(11(7)16)15-12(17)9-5-6-10(22-9)23(14,19)20/h2-6,16H,1H3,(H,15,17)(H2,14,19,20). The van der Waals surface area contributed by atoms with Crippen LogP contribution in [0.25, 0.3) is 0 Å². The van der Waals surface area contributed by atoms with Crippen molar-refractivity contribution >= 4 is 38.9 Å². The Labute approximate surface area is 135 Å². The maximum absolute atomic E-state index is 12.1. The van der Waals surface area contributed by atoms with E-state index in [1.54, 1.807) is 0 Å². The van der Waals surface area contributed by atoms with Crippen molar-refractivity contribution in [2.24, 2.45) is 5.14 Å². The molecule has 0 atom stereocenters. The number of anilines is 1. The Morgan fingerprint density at radius 2 is 1.96 bits per heavy atom. The predicted octanol–water partition coefficient (Wildman–Crippen LogP) is 1.14. The normalized spacial score (nSPS) is 11.0. The van der Waals surface area contributed by atoms with Crippen LogP contribution in [0.1, 0.15) is 20.0 Å². The van der Waals surface area contributed by atoms with E-state index < -0.39 is 27.6 Å². The van der Waals surface area contributed by atoms with Crippen LogP contribution in [-0.4, -0.2) is 32.5 Å². The second-order valence-electron chi connectivity index (χ2n) is 4.31. The van der Waals surface area contributed by atoms with Gasteiger partial charge in [-0.05, 0) is 24.3 Å². The van der Waals surface area contributed by atoms with E-state index in [2.05, 4.69) is 10.1 Å². The zero-order valence-corrected chi connectivity index (χ0v) is 13.4. The maximum Gasteiger partial charge on any atom is 0.341 e. The van der Waals surface area contributed by atoms with Crippen molar-refractivity contribution in [1.82, 2.24) is 0 Å². The highest BCUT2D eigenvalue weighted by Crippen LogP contribution is 2.29. The molecule has 2 aromatic rings. The molecule has 0 aliphatic rings. The lowest BCUT2D eigenvalue weighted by atomic mass is 10.1. The number of thiophene rings is 1. The largest absolute Gasteiger partial charge is 0.505 e. The van der Waals surface area contributed by atoms with Crippen LogP contribution in [0.5, 0.6) is 5.75 Å². The molecule has 10 heteroatoms. The fourth-order valence-corrected chi connectivity index (χ4v) is 3.32. The molecule has 23 heavy (non-hydrogen) atoms. The first-order valence-corrected chi connectivity index (χ1v) is 8.44. The number of hydrogen-bond acceptors (Lipinski definition) is 7. The first-order chi connectivity index (χ1) is 10.7. The number of carbonyl (C=O) groups excluding carboxylic acids is 2. The molecule has 1 amide bonds. The average Bonchev–Trinajstić information content (AvgIpc) is 2.98. The summed E-state index contributed by atoms with van der Waals surface area (Å²) in [7, 11) is -2.73. The van der Waals surface area contributed by atoms with Crippen LogP contribution in [-0.2, 0) is 14.8 Å². The molecule has 8 nitrogen and oxygen atoms in total. The van der Waals surface area contributed by atoms with Gasteiger partial charge in [0, 0.05) is 0 Å². The summed E-state index contributed by atoms with van der Waals surface area (Å²) in [5.41, 5.74) is -0.120. The molecular weight excluding hydrogens is 344 g/mol. The van der Waals surface area contributed by atoms with E-state index in [9.17, 15) is 23.1 Å². The molecular formula is C13H12N2O6S2. The van der Waals surface area contributed by atoms with Crippen molar-refractivity contribution < 1.29 is 27.9 Å². The van der Waals surface area contributed by atoms with Crippen LogP contribution in [0.3, 0.4) is 0 Å². The number of phenolic OH excluding ortho intramolecular Hbond substituents is 1. The highest BCUT2D eigenvalue weighted by molar-refractivity contribution is 7.91. The van der Waals surface area contributed by atoms with Crippen molar-refractivity contribution in [3.05, 3.63) is 40.8 Å². The number of aromatic hydroxyl groups is 1. The Kier molecular flexibility index (Phi) is 4.68. The second kappa shape index (κ2) is 6.36. The summed E-state index contributed by atoms with van der Waals surface area (Å²) < 4.78 is 26.8. The first-order valence-electron chi connectivity index (χ1n) is 6.08. The minimum absolute atomic E-state index is 0.0107. The number of sulfonamides is 1. The number of methoxy groups -OCH3 is 1. The van der Waals surface area contributed by atoms with Gasteiger partial charge in [0.1, 0.15) is 9.77 Å². The van der Waals surface area contributed by atoms with E-state index in [0.29, 0.717) is 11.3 Å². The number of nitrogens with two attached hydrogens (primary N) is 1. The van der Waals surface area contributed by atoms with Gasteiger partial charge in [-0.3, -0.25) is 4.79 Å². The number of benzene rings is 1. The zero-order chi connectivity index (χ0) is 17.2. The lowest BCUT2D eigenvalue weighted by Crippen LogP contribution is -2.12. The van der Waals surface area contributed by atoms with Gasteiger partial charge in [-0.1, -0.05) is 6.07 Å². The highest BCUT2D eigenvalue weighted by atomic mass is 32.2. The third kappa shape index (κ3) is 3.67. The molecule has 1 aromatic heterocycles. The van der Waals surface area contributed by atoms with Gasteiger partial charge in [0.05, 0.1) is 17.7 Å². The summed E-state index contributed by atoms with van der Waals surface area (Å²) in [6, 6.07) is 6.67. The zero-order valence-electron chi connectivity index (χ0n) is 11.8. The number of nitrogens with one attached hydrogen (secondary N) is 1. The third-order valence-corrected chi connectivity index (χ3v) is 5.30. The Morgan fingerprint density at radius 3 is 2.52 bits per heavy atom. The number of ether oxygens (including phenoxy) is 1. The number of esters is 1. The number of hydrogen-bond donors (Lipinski definition) is 3. The molecule has 1 heterocycles. The molecule has 0 radical (unpaired) electrons. The van der Waals surface area contributed by atoms with Gasteiger partial charge in [0.2, 0.25) is 10.0 Å². The average molecular weight is 356 g/mol. The lowest BCUT2D eigenvalue weighted by molar-refractivity contribution is 0.0597. The van der Waals surface area contributed by atoms with Crippen LogP contribution in [0, 0.1) is 0 Å². The Bertz CT molecular complexity index is 872. The number of amides is 1. The van der Waals surface area contributed by atoms with Crippen molar-refractivity contribution in [3.63, 3.8) is 0 Å². The monoisotopic (exact) mass is 356 g/mol. The molecule has 0 unspecified atom stereocenters. The fourth-order valence-electron chi connectivity index (χ4n) is 1.70. The van der Waals surface area contributed by atoms with Crippen LogP contribution in [0.2, 0.25) is 0 Å². The number of phenols is 1. The molecule has 122 valence electrons. The Morgan fingerprint density at radius 1 is 1.26 bits per heavy atom. The molecule has 0 fully saturated rings. The number of para-hydroxylation sites is 1. The summed E-state index contributed by atoms with van der Waals surface area (Å²) in [6.07, 6.45) is 0. The summed E-state index contributed by atoms with van der Waals surface area (Å²) in [4.78, 5) is 23.7. The number of carbonyl (C=O) groups is 2. The molecule has 0 aliphatic carbocycles. The van der Waals surface area contributed by atoms with Crippen molar-refractivity contribution in [2.45, 2.75) is 4.21 Å². The topological polar surface area (TPSA) is 136 Å². The van der Waals surface area contributed by atoms with Crippen LogP contribution in [0.15, 0.2) is 34.5 Å². The van der Waals surface area contributed by atoms with Crippen molar-refractivity contribution in [3.8, 4) is 5.75 Å². The predicted molar refractivity (Wildman–Crippen MR) is 83.1 cm³/mol. The van der Waals surface area contributed by atoms with Gasteiger partial charge in [0.25, 0.3) is 5.91 Å². The molecule has 0 bridgehead atoms. The van der Waals surface area contributed by atoms with Crippen LogP contribution in [0.4, 0.5) is 5.69 Å². The summed E-state index contributed by atoms with van der Waals surface area (Å²) in [6.45, 7) is 0. The summed E-state index contributed by atoms with van der Waals surface area (Å²) in [5.74, 6) is -1.86. The van der Waals surface area contributed by atoms with E-state index in [0.717, 1.165) is 7.11 Å². The lowest BCUT2D eigenvalue weighted by Gasteiger charge is -2.09. The van der Waals surface area contributed by atoms with Gasteiger partial charge >= 0.3 is 5.97 Å². The number of rotatable bonds is 4. The third-order valence-electron chi connectivity index (χ3n) is 2.78. The van der Waals surface area contributed by atoms with Gasteiger partial charge in [-0.2, -0.15) is 0 Å². The van der Waals surface area contributed by atoms with Gasteiger partial charge in [0.15, 0.2) is 5.75 Å². The quantitative estimate of drug-likeness (QED) is 0.555. The molecule has 0 saturated carbocycles. The van der Waals surface area contributed by atoms with E-state index in [1.165, 1.54) is 30.3 Å². The molecule has 0 aliphatic heterocycles. The second-order valence-corrected chi connectivity index (χ2v) is 7.18. The van der Waals surface area contributed by atoms with E-state index in [4.69, 9.17) is 5.14 Å². The number of primary sulfonamides is 1. The fraction of sp³-hybridized carbons (Fsp3) is 0.0769. The summed E-state index contributed by atoms with van der Waals surface area (Å²) >= 11 is 0.690. The SMILES string of the molecule is COC(=O)c1cccc(NC(=O)c2ccc(S(N)(=O)=O)s2)c1O. The molecule has 4 N–H and O–H groups in total. The van der Waals surface area contributed by atoms with Gasteiger partial charge in [-0.15, -0.1) is 11.3 Å². The molecule has 1 aromatic carbocycles. The highest BCUT2D eigenvalue weighted by Gasteiger charge is 2.19. The van der Waals surface area contributed by atoms with Gasteiger partial charge in [-0.25, -0.2) is 18.4 Å². The summed E-state index contributed by atoms with van der Waals surface area (Å²) in [5, 5.41) is 17.4. The molecule has 2 rings (SSSR count). The Balaban J connectivity index is 2.27. The van der Waals surface area contributed by atoms with Crippen molar-refractivity contribution in [2.75, 3.05) is 12.4 Å². The minimum atomic E-state index is -3.89. The van der Waals surface area contributed by atoms with Crippen LogP contribution >= 0.6 is 11.3 Å². The Hall–Kier alpha value is -2.43. The van der Waals surface area contributed by atoms with Crippen molar-refractivity contribution in [1.29, 1.82) is 0 Å². The smallest absolute Gasteiger partial charge is 0.341 e. The molecule has 0 spiro atoms. The van der Waals surface area contributed by atoms with E-state index >= 15 is 0 Å². The van der Waals surface area contributed by atoms with E-state index in [-0.39, 0.29) is 20.3 Å². The first kappa shape index (κ1) is 16.9. The van der Waals surface area contributed by atoms with E-state index in [1.807, 2.05) is 0 Å². The van der Waals surface area contributed by atoms with Gasteiger partial charge < -0.3 is 15.2 Å². The van der Waals surface area contributed by atoms with Crippen LogP contribution < -0.4 is 10.5 Å². The minimum Gasteiger partial charge on any atom is -0.505 e.